The monoisotopic (exact) mass is 445 g/mol. The number of hydrogen-bond acceptors (Lipinski definition) is 10. The number of phosphoric acid groups is 1. The highest BCUT2D eigenvalue weighted by atomic mass is 32.1. The van der Waals surface area contributed by atoms with Crippen molar-refractivity contribution in [2.45, 2.75) is 20.0 Å². The molecule has 0 unspecified atom stereocenters. The molecule has 156 valence electrons. The molecule has 0 radical (unpaired) electrons. The van der Waals surface area contributed by atoms with Gasteiger partial charge in [-0.3, -0.25) is 10.1 Å². The number of nitrogens with zero attached hydrogens (tertiary/aromatic N) is 4. The summed E-state index contributed by atoms with van der Waals surface area (Å²) in [6.45, 7) is 2.19. The van der Waals surface area contributed by atoms with E-state index in [4.69, 9.17) is 4.74 Å². The minimum atomic E-state index is -5.03. The SMILES string of the molecule is CCCOc1nccc2c(-c3cnc(-c4ccc(COP(=O)([O-])[O-])nc4)s3)[nH]nc12. The normalized spacial score (nSPS) is 11.8. The third-order valence-electron chi connectivity index (χ3n) is 4.08. The molecule has 10 nitrogen and oxygen atoms in total. The van der Waals surface area contributed by atoms with E-state index < -0.39 is 14.4 Å². The van der Waals surface area contributed by atoms with Crippen molar-refractivity contribution in [1.82, 2.24) is 25.1 Å². The molecule has 0 atom stereocenters. The molecule has 0 aliphatic rings. The minimum Gasteiger partial charge on any atom is -0.790 e. The van der Waals surface area contributed by atoms with E-state index in [1.165, 1.54) is 11.3 Å². The topological polar surface area (TPSA) is 149 Å². The van der Waals surface area contributed by atoms with E-state index in [2.05, 4.69) is 29.7 Å². The van der Waals surface area contributed by atoms with E-state index in [1.54, 1.807) is 30.7 Å². The first kappa shape index (κ1) is 20.6. The fraction of sp³-hybridized carbons (Fsp3) is 0.222. The summed E-state index contributed by atoms with van der Waals surface area (Å²) in [6, 6.07) is 5.19. The largest absolute Gasteiger partial charge is 0.790 e. The van der Waals surface area contributed by atoms with Gasteiger partial charge in [0.25, 0.3) is 0 Å². The lowest BCUT2D eigenvalue weighted by atomic mass is 10.2. The second kappa shape index (κ2) is 8.58. The highest BCUT2D eigenvalue weighted by Gasteiger charge is 2.15. The number of pyridine rings is 2. The van der Waals surface area contributed by atoms with Crippen LogP contribution in [0.2, 0.25) is 0 Å². The Kier molecular flexibility index (Phi) is 5.89. The third-order valence-corrected chi connectivity index (χ3v) is 5.59. The van der Waals surface area contributed by atoms with E-state index in [9.17, 15) is 14.4 Å². The Labute approximate surface area is 175 Å². The zero-order valence-corrected chi connectivity index (χ0v) is 17.5. The lowest BCUT2D eigenvalue weighted by molar-refractivity contribution is -0.342. The fourth-order valence-electron chi connectivity index (χ4n) is 2.71. The summed E-state index contributed by atoms with van der Waals surface area (Å²) >= 11 is 1.45. The van der Waals surface area contributed by atoms with Gasteiger partial charge in [0, 0.05) is 29.5 Å². The van der Waals surface area contributed by atoms with Gasteiger partial charge in [-0.15, -0.1) is 11.3 Å². The van der Waals surface area contributed by atoms with Crippen LogP contribution in [0, 0.1) is 0 Å². The first-order valence-corrected chi connectivity index (χ1v) is 11.3. The summed E-state index contributed by atoms with van der Waals surface area (Å²) in [6.07, 6.45) is 5.84. The van der Waals surface area contributed by atoms with Crippen LogP contribution in [0.5, 0.6) is 5.88 Å². The van der Waals surface area contributed by atoms with Crippen LogP contribution in [0.15, 0.2) is 36.8 Å². The van der Waals surface area contributed by atoms with Gasteiger partial charge in [-0.05, 0) is 24.6 Å². The number of rotatable bonds is 8. The maximum atomic E-state index is 10.6. The summed E-state index contributed by atoms with van der Waals surface area (Å²) in [7, 11) is -5.03. The predicted octanol–water partition coefficient (Wildman–Crippen LogP) is 2.28. The Morgan fingerprint density at radius 2 is 2.03 bits per heavy atom. The molecule has 30 heavy (non-hydrogen) atoms. The number of nitrogens with one attached hydrogen (secondary N) is 1. The molecule has 0 amide bonds. The molecule has 0 bridgehead atoms. The van der Waals surface area contributed by atoms with Crippen molar-refractivity contribution in [2.75, 3.05) is 6.61 Å². The van der Waals surface area contributed by atoms with Gasteiger partial charge in [0.1, 0.15) is 5.01 Å². The molecule has 4 aromatic heterocycles. The van der Waals surface area contributed by atoms with Crippen LogP contribution >= 0.6 is 19.2 Å². The first-order valence-electron chi connectivity index (χ1n) is 8.98. The summed E-state index contributed by atoms with van der Waals surface area (Å²) < 4.78 is 20.5. The molecular weight excluding hydrogens is 429 g/mol. The average molecular weight is 445 g/mol. The number of thiazole rings is 1. The summed E-state index contributed by atoms with van der Waals surface area (Å²) in [5.74, 6) is 0.490. The Balaban J connectivity index is 1.57. The van der Waals surface area contributed by atoms with Gasteiger partial charge >= 0.3 is 0 Å². The smallest absolute Gasteiger partial charge is 0.242 e. The van der Waals surface area contributed by atoms with Gasteiger partial charge in [0.2, 0.25) is 5.88 Å². The second-order valence-corrected chi connectivity index (χ2v) is 8.43. The number of hydrogen-bond donors (Lipinski definition) is 1. The van der Waals surface area contributed by atoms with Crippen molar-refractivity contribution in [3.05, 3.63) is 42.5 Å². The molecular formula is C18H16N5O5PS-2. The number of aromatic nitrogens is 5. The first-order chi connectivity index (χ1) is 14.4. The molecule has 0 saturated heterocycles. The Morgan fingerprint density at radius 1 is 1.17 bits per heavy atom. The summed E-state index contributed by atoms with van der Waals surface area (Å²) in [4.78, 5) is 34.8. The summed E-state index contributed by atoms with van der Waals surface area (Å²) in [5, 5.41) is 8.99. The quantitative estimate of drug-likeness (QED) is 0.403. The van der Waals surface area contributed by atoms with Crippen molar-refractivity contribution >= 4 is 30.1 Å². The molecule has 4 rings (SSSR count). The van der Waals surface area contributed by atoms with Crippen LogP contribution in [-0.2, 0) is 15.7 Å². The second-order valence-electron chi connectivity index (χ2n) is 6.25. The van der Waals surface area contributed by atoms with E-state index >= 15 is 0 Å². The van der Waals surface area contributed by atoms with Crippen LogP contribution in [0.1, 0.15) is 19.0 Å². The molecule has 0 aromatic carbocycles. The standard InChI is InChI=1S/C18H18N5O5PS/c1-2-7-27-17-16-13(5-6-19-17)15(22-23-16)14-9-21-18(30-14)11-3-4-12(20-8-11)10-28-29(24,25)26/h3-6,8-9H,2,7,10H2,1H3,(H,22,23)(H2,24,25,26)/p-2. The van der Waals surface area contributed by atoms with Crippen molar-refractivity contribution in [3.63, 3.8) is 0 Å². The zero-order valence-electron chi connectivity index (χ0n) is 15.8. The van der Waals surface area contributed by atoms with E-state index in [-0.39, 0.29) is 0 Å². The fourth-order valence-corrected chi connectivity index (χ4v) is 3.92. The van der Waals surface area contributed by atoms with Gasteiger partial charge in [0.15, 0.2) is 5.52 Å². The predicted molar refractivity (Wildman–Crippen MR) is 106 cm³/mol. The Morgan fingerprint density at radius 3 is 2.77 bits per heavy atom. The van der Waals surface area contributed by atoms with Crippen LogP contribution in [0.25, 0.3) is 32.0 Å². The van der Waals surface area contributed by atoms with Gasteiger partial charge in [0.05, 0.1) is 37.3 Å². The lowest BCUT2D eigenvalue weighted by Gasteiger charge is -2.28. The number of aromatic amines is 1. The summed E-state index contributed by atoms with van der Waals surface area (Å²) in [5.41, 5.74) is 2.56. The molecule has 0 spiro atoms. The van der Waals surface area contributed by atoms with Gasteiger partial charge in [-0.1, -0.05) is 6.92 Å². The van der Waals surface area contributed by atoms with Crippen LogP contribution in [-0.4, -0.2) is 31.8 Å². The number of H-pyrrole nitrogens is 1. The maximum Gasteiger partial charge on any atom is 0.242 e. The molecule has 0 fully saturated rings. The highest BCUT2D eigenvalue weighted by molar-refractivity contribution is 7.43. The lowest BCUT2D eigenvalue weighted by Crippen LogP contribution is -2.16. The molecule has 0 aliphatic carbocycles. The highest BCUT2D eigenvalue weighted by Crippen LogP contribution is 2.36. The third kappa shape index (κ3) is 4.55. The molecule has 0 aliphatic heterocycles. The van der Waals surface area contributed by atoms with Crippen molar-refractivity contribution in [1.29, 1.82) is 0 Å². The van der Waals surface area contributed by atoms with Crippen LogP contribution in [0.4, 0.5) is 0 Å². The van der Waals surface area contributed by atoms with E-state index in [0.717, 1.165) is 32.9 Å². The van der Waals surface area contributed by atoms with E-state index in [1.807, 2.05) is 13.0 Å². The minimum absolute atomic E-state index is 0.328. The van der Waals surface area contributed by atoms with Gasteiger partial charge in [-0.25, -0.2) is 9.97 Å². The number of ether oxygens (including phenoxy) is 1. The van der Waals surface area contributed by atoms with Gasteiger partial charge < -0.3 is 23.6 Å². The molecule has 0 saturated carbocycles. The van der Waals surface area contributed by atoms with Crippen molar-refractivity contribution < 1.29 is 23.6 Å². The molecule has 1 N–H and O–H groups in total. The van der Waals surface area contributed by atoms with Crippen molar-refractivity contribution in [2.24, 2.45) is 0 Å². The van der Waals surface area contributed by atoms with Gasteiger partial charge in [-0.2, -0.15) is 5.10 Å². The van der Waals surface area contributed by atoms with Crippen molar-refractivity contribution in [3.8, 4) is 27.0 Å². The molecule has 4 aromatic rings. The average Bonchev–Trinajstić information content (AvgIpc) is 3.38. The Bertz CT molecular complexity index is 1200. The number of fused-ring (bicyclic) bond motifs is 1. The van der Waals surface area contributed by atoms with E-state index in [0.29, 0.717) is 23.7 Å². The number of phosphoric ester groups is 1. The zero-order chi connectivity index (χ0) is 21.1. The Hall–Kier alpha value is -2.69. The van der Waals surface area contributed by atoms with Crippen LogP contribution < -0.4 is 14.5 Å². The molecule has 12 heteroatoms. The maximum absolute atomic E-state index is 10.6. The molecule has 4 heterocycles. The van der Waals surface area contributed by atoms with Crippen LogP contribution in [0.3, 0.4) is 0 Å².